The number of aliphatic hydroxyl groups excluding tert-OH is 1. The van der Waals surface area contributed by atoms with E-state index in [9.17, 15) is 14.3 Å². The number of para-hydroxylation sites is 1. The van der Waals surface area contributed by atoms with E-state index in [1.165, 1.54) is 6.07 Å². The van der Waals surface area contributed by atoms with Gasteiger partial charge in [-0.3, -0.25) is 19.0 Å². The highest BCUT2D eigenvalue weighted by atomic mass is 32.8. The summed E-state index contributed by atoms with van der Waals surface area (Å²) in [5, 5.41) is 19.9. The summed E-state index contributed by atoms with van der Waals surface area (Å²) in [5.74, 6) is 0. The second kappa shape index (κ2) is 9.15. The van der Waals surface area contributed by atoms with Gasteiger partial charge < -0.3 is 5.11 Å². The van der Waals surface area contributed by atoms with Crippen LogP contribution in [0.2, 0.25) is 0 Å². The summed E-state index contributed by atoms with van der Waals surface area (Å²) in [6, 6.07) is 13.5. The van der Waals surface area contributed by atoms with Crippen LogP contribution in [0.15, 0.2) is 53.4 Å². The average Bonchev–Trinajstić information content (AvgIpc) is 2.61. The molecule has 0 amide bonds. The molecule has 0 aliphatic rings. The van der Waals surface area contributed by atoms with E-state index in [1.807, 2.05) is 0 Å². The van der Waals surface area contributed by atoms with Gasteiger partial charge in [0, 0.05) is 24.1 Å². The van der Waals surface area contributed by atoms with Gasteiger partial charge in [0.1, 0.15) is 0 Å². The van der Waals surface area contributed by atoms with Gasteiger partial charge in [0.15, 0.2) is 0 Å². The Bertz CT molecular complexity index is 767. The van der Waals surface area contributed by atoms with Crippen molar-refractivity contribution >= 4 is 23.9 Å². The molecule has 0 saturated carbocycles. The minimum Gasteiger partial charge on any atom is -0.396 e. The monoisotopic (exact) mass is 382 g/mol. The normalized spacial score (nSPS) is 12.1. The predicted molar refractivity (Wildman–Crippen MR) is 105 cm³/mol. The lowest BCUT2D eigenvalue weighted by molar-refractivity contribution is -0.384. The first-order chi connectivity index (χ1) is 12.0. The fourth-order valence-electron chi connectivity index (χ4n) is 2.49. The molecule has 6 nitrogen and oxygen atoms in total. The predicted octanol–water partition coefficient (Wildman–Crippen LogP) is 3.09. The van der Waals surface area contributed by atoms with Crippen molar-refractivity contribution in [2.45, 2.75) is 24.2 Å². The van der Waals surface area contributed by atoms with E-state index >= 15 is 0 Å². The lowest BCUT2D eigenvalue weighted by Gasteiger charge is -2.21. The Balaban J connectivity index is 2.12. The quantitative estimate of drug-likeness (QED) is 0.204. The van der Waals surface area contributed by atoms with Gasteiger partial charge in [0.05, 0.1) is 10.5 Å². The number of nitrogens with one attached hydrogen (secondary N) is 1. The van der Waals surface area contributed by atoms with Gasteiger partial charge in [-0.05, 0) is 61.2 Å². The molecule has 2 rings (SSSR count). The van der Waals surface area contributed by atoms with Crippen molar-refractivity contribution in [1.82, 2.24) is 4.72 Å². The van der Waals surface area contributed by atoms with Crippen LogP contribution in [0.1, 0.15) is 19.3 Å². The van der Waals surface area contributed by atoms with Gasteiger partial charge in [-0.2, -0.15) is 0 Å². The third kappa shape index (κ3) is 5.41. The molecule has 0 heterocycles. The first-order valence-corrected chi connectivity index (χ1v) is 11.4. The van der Waals surface area contributed by atoms with E-state index in [2.05, 4.69) is 13.2 Å². The fourth-order valence-corrected chi connectivity index (χ4v) is 4.66. The lowest BCUT2D eigenvalue weighted by atomic mass is 10.0. The molecule has 0 spiro atoms. The Labute approximate surface area is 150 Å². The van der Waals surface area contributed by atoms with E-state index < -0.39 is 14.7 Å². The zero-order valence-corrected chi connectivity index (χ0v) is 15.8. The molecule has 0 aliphatic carbocycles. The molecule has 0 aromatic heterocycles. The highest BCUT2D eigenvalue weighted by Gasteiger charge is 2.15. The summed E-state index contributed by atoms with van der Waals surface area (Å²) in [5.41, 5.74) is 1.30. The second-order valence-corrected chi connectivity index (χ2v) is 10.0. The molecular weight excluding hydrogens is 359 g/mol. The zero-order chi connectivity index (χ0) is 18.3. The second-order valence-electron chi connectivity index (χ2n) is 5.67. The summed E-state index contributed by atoms with van der Waals surface area (Å²) in [6.45, 7) is 0.776. The molecule has 0 radical (unpaired) electrons. The van der Waals surface area contributed by atoms with Crippen LogP contribution in [-0.4, -0.2) is 27.4 Å². The van der Waals surface area contributed by atoms with E-state index in [-0.39, 0.29) is 12.3 Å². The largest absolute Gasteiger partial charge is 0.396 e. The Morgan fingerprint density at radius 3 is 2.40 bits per heavy atom. The van der Waals surface area contributed by atoms with Gasteiger partial charge in [-0.25, -0.2) is 0 Å². The van der Waals surface area contributed by atoms with Crippen molar-refractivity contribution in [3.05, 3.63) is 58.6 Å². The topological polar surface area (TPSA) is 92.5 Å². The minimum absolute atomic E-state index is 0.0475. The van der Waals surface area contributed by atoms with Crippen molar-refractivity contribution in [3.63, 3.8) is 0 Å². The maximum absolute atomic E-state index is 12.8. The number of rotatable bonds is 9. The Kier molecular flexibility index (Phi) is 7.20. The number of hydrogen-bond donors (Lipinski definition) is 3. The van der Waals surface area contributed by atoms with E-state index in [1.54, 1.807) is 42.5 Å². The lowest BCUT2D eigenvalue weighted by Crippen LogP contribution is -2.26. The summed E-state index contributed by atoms with van der Waals surface area (Å²) >= 11 is 0. The molecule has 0 saturated heterocycles. The first-order valence-electron chi connectivity index (χ1n) is 8.05. The van der Waals surface area contributed by atoms with Gasteiger partial charge in [-0.15, -0.1) is 0 Å². The van der Waals surface area contributed by atoms with Crippen LogP contribution in [0.25, 0.3) is 11.1 Å². The van der Waals surface area contributed by atoms with Crippen LogP contribution in [0.5, 0.6) is 0 Å². The summed E-state index contributed by atoms with van der Waals surface area (Å²) < 4.78 is 15.8. The van der Waals surface area contributed by atoms with Crippen LogP contribution < -0.4 is 4.72 Å². The van der Waals surface area contributed by atoms with Crippen LogP contribution in [0.3, 0.4) is 0 Å². The van der Waals surface area contributed by atoms with E-state index in [0.717, 1.165) is 19.3 Å². The van der Waals surface area contributed by atoms with Crippen LogP contribution in [0, 0.1) is 10.1 Å². The van der Waals surface area contributed by atoms with E-state index in [4.69, 9.17) is 5.11 Å². The van der Waals surface area contributed by atoms with Crippen molar-refractivity contribution in [2.75, 3.05) is 13.2 Å². The van der Waals surface area contributed by atoms with Crippen molar-refractivity contribution in [1.29, 1.82) is 0 Å². The molecule has 25 heavy (non-hydrogen) atoms. The minimum atomic E-state index is -2.77. The van der Waals surface area contributed by atoms with E-state index in [0.29, 0.717) is 22.6 Å². The number of unbranched alkanes of at least 4 members (excludes halogenated alkanes) is 2. The Hall–Kier alpha value is -1.66. The number of nitrogens with zero attached hydrogens (tertiary/aromatic N) is 1. The average molecular weight is 382 g/mol. The smallest absolute Gasteiger partial charge is 0.277 e. The molecule has 1 atom stereocenters. The zero-order valence-electron chi connectivity index (χ0n) is 13.8. The number of hydrogen-bond acceptors (Lipinski definition) is 4. The molecule has 0 aliphatic heterocycles. The molecule has 2 aromatic rings. The molecule has 136 valence electrons. The molecule has 0 bridgehead atoms. The van der Waals surface area contributed by atoms with Crippen LogP contribution >= 0.6 is 8.44 Å². The number of nitro groups is 1. The third-order valence-corrected chi connectivity index (χ3v) is 7.05. The number of benzene rings is 2. The summed E-state index contributed by atoms with van der Waals surface area (Å²) in [6.07, 6.45) is 2.46. The third-order valence-electron chi connectivity index (χ3n) is 3.84. The number of thiol groups is 1. The molecule has 0 fully saturated rings. The molecular formula is C17H23N2O4PS. The summed E-state index contributed by atoms with van der Waals surface area (Å²) in [7, 11) is -0.382. The van der Waals surface area contributed by atoms with Crippen molar-refractivity contribution in [2.24, 2.45) is 0 Å². The highest BCUT2D eigenvalue weighted by Crippen LogP contribution is 2.31. The standard InChI is InChI=1S/C17H23N2O4PS/c20-13-5-1-4-12-18-25(23,24)15-10-8-14(9-11-15)16-6-2-3-7-17(16)19(21)22/h2-3,6-11,20,25H,1,4-5,12-13,24H2,(H,18,23). The summed E-state index contributed by atoms with van der Waals surface area (Å²) in [4.78, 5) is 11.4. The van der Waals surface area contributed by atoms with Crippen LogP contribution in [0.4, 0.5) is 5.69 Å². The van der Waals surface area contributed by atoms with Crippen LogP contribution in [-0.2, 0) is 9.74 Å². The van der Waals surface area contributed by atoms with Crippen molar-refractivity contribution in [3.8, 4) is 11.1 Å². The highest BCUT2D eigenvalue weighted by molar-refractivity contribution is 8.44. The number of aliphatic hydroxyl groups is 1. The molecule has 2 N–H and O–H groups in total. The van der Waals surface area contributed by atoms with Gasteiger partial charge >= 0.3 is 0 Å². The molecule has 8 heteroatoms. The van der Waals surface area contributed by atoms with Gasteiger partial charge in [-0.1, -0.05) is 24.3 Å². The van der Waals surface area contributed by atoms with Gasteiger partial charge in [0.2, 0.25) is 0 Å². The van der Waals surface area contributed by atoms with Gasteiger partial charge in [0.25, 0.3) is 5.69 Å². The maximum Gasteiger partial charge on any atom is 0.277 e. The molecule has 2 aromatic carbocycles. The SMILES string of the molecule is O=[N+]([O-])c1ccccc1-c1ccc([SH](=O)(P)NCCCCCO)cc1. The maximum atomic E-state index is 12.8. The Morgan fingerprint density at radius 1 is 1.08 bits per heavy atom. The molecule has 1 unspecified atom stereocenters. The fraction of sp³-hybridized carbons (Fsp3) is 0.294. The number of nitro benzene ring substituents is 1. The first kappa shape index (κ1) is 19.7. The van der Waals surface area contributed by atoms with Crippen molar-refractivity contribution < 1.29 is 14.2 Å². The Morgan fingerprint density at radius 2 is 1.76 bits per heavy atom.